The lowest BCUT2D eigenvalue weighted by molar-refractivity contribution is -0.123. The van der Waals surface area contributed by atoms with Gasteiger partial charge in [0.1, 0.15) is 6.42 Å². The average molecular weight is 353 g/mol. The molecule has 26 heavy (non-hydrogen) atoms. The predicted molar refractivity (Wildman–Crippen MR) is 99.1 cm³/mol. The highest BCUT2D eigenvalue weighted by Crippen LogP contribution is 2.14. The Hall–Kier alpha value is -3.48. The van der Waals surface area contributed by atoms with Crippen molar-refractivity contribution in [1.29, 1.82) is 0 Å². The van der Waals surface area contributed by atoms with Crippen molar-refractivity contribution in [3.8, 4) is 0 Å². The van der Waals surface area contributed by atoms with Crippen molar-refractivity contribution in [2.75, 3.05) is 16.0 Å². The molecule has 3 N–H and O–H groups in total. The first-order valence-corrected chi connectivity index (χ1v) is 7.92. The van der Waals surface area contributed by atoms with Gasteiger partial charge in [0.15, 0.2) is 5.78 Å². The summed E-state index contributed by atoms with van der Waals surface area (Å²) in [4.78, 5) is 46.2. The fourth-order valence-electron chi connectivity index (χ4n) is 2.21. The summed E-state index contributed by atoms with van der Waals surface area (Å²) in [6, 6.07) is 13.0. The van der Waals surface area contributed by atoms with Crippen LogP contribution >= 0.6 is 0 Å². The Morgan fingerprint density at radius 3 is 1.81 bits per heavy atom. The highest BCUT2D eigenvalue weighted by atomic mass is 16.2. The van der Waals surface area contributed by atoms with Gasteiger partial charge in [-0.05, 0) is 43.3 Å². The minimum Gasteiger partial charge on any atom is -0.326 e. The minimum atomic E-state index is -0.488. The topological polar surface area (TPSA) is 104 Å². The molecule has 0 radical (unpaired) electrons. The van der Waals surface area contributed by atoms with Crippen molar-refractivity contribution in [2.24, 2.45) is 0 Å². The van der Waals surface area contributed by atoms with Crippen LogP contribution in [0.15, 0.2) is 48.5 Å². The van der Waals surface area contributed by atoms with E-state index in [4.69, 9.17) is 0 Å². The third kappa shape index (κ3) is 5.86. The summed E-state index contributed by atoms with van der Waals surface area (Å²) in [6.07, 6.45) is -0.363. The fraction of sp³-hybridized carbons (Fsp3) is 0.158. The molecule has 0 aliphatic heterocycles. The van der Waals surface area contributed by atoms with E-state index in [2.05, 4.69) is 16.0 Å². The standard InChI is InChI=1S/C19H19N3O4/c1-12(23)14-4-3-5-17(10-14)22-19(26)11-18(25)21-16-8-6-15(7-9-16)20-13(2)24/h3-10H,11H2,1-2H3,(H,20,24)(H,21,25)(H,22,26). The van der Waals surface area contributed by atoms with Gasteiger partial charge in [0.25, 0.3) is 0 Å². The molecule has 3 amide bonds. The molecule has 0 spiro atoms. The van der Waals surface area contributed by atoms with Crippen molar-refractivity contribution >= 4 is 40.6 Å². The second kappa shape index (κ2) is 8.57. The van der Waals surface area contributed by atoms with Crippen LogP contribution < -0.4 is 16.0 Å². The van der Waals surface area contributed by atoms with Gasteiger partial charge < -0.3 is 16.0 Å². The summed E-state index contributed by atoms with van der Waals surface area (Å²) in [5, 5.41) is 7.80. The fourth-order valence-corrected chi connectivity index (χ4v) is 2.21. The zero-order chi connectivity index (χ0) is 19.1. The molecule has 0 heterocycles. The third-order valence-corrected chi connectivity index (χ3v) is 3.36. The maximum Gasteiger partial charge on any atom is 0.233 e. The number of anilines is 3. The van der Waals surface area contributed by atoms with E-state index in [1.54, 1.807) is 48.5 Å². The Bertz CT molecular complexity index is 844. The van der Waals surface area contributed by atoms with Crippen molar-refractivity contribution in [3.63, 3.8) is 0 Å². The lowest BCUT2D eigenvalue weighted by atomic mass is 10.1. The Balaban J connectivity index is 1.89. The van der Waals surface area contributed by atoms with E-state index in [9.17, 15) is 19.2 Å². The number of Topliss-reactive ketones (excluding diaryl/α,β-unsaturated/α-hetero) is 1. The quantitative estimate of drug-likeness (QED) is 0.548. The Morgan fingerprint density at radius 2 is 1.27 bits per heavy atom. The molecule has 0 atom stereocenters. The maximum atomic E-state index is 12.0. The van der Waals surface area contributed by atoms with Crippen LogP contribution in [0.2, 0.25) is 0 Å². The van der Waals surface area contributed by atoms with Crippen LogP contribution in [0.1, 0.15) is 30.6 Å². The van der Waals surface area contributed by atoms with Crippen LogP contribution in [0, 0.1) is 0 Å². The minimum absolute atomic E-state index is 0.110. The molecule has 0 saturated heterocycles. The van der Waals surface area contributed by atoms with Gasteiger partial charge >= 0.3 is 0 Å². The van der Waals surface area contributed by atoms with Gasteiger partial charge in [-0.3, -0.25) is 19.2 Å². The molecule has 0 aliphatic carbocycles. The number of carbonyl (C=O) groups excluding carboxylic acids is 4. The monoisotopic (exact) mass is 353 g/mol. The van der Waals surface area contributed by atoms with Crippen molar-refractivity contribution in [3.05, 3.63) is 54.1 Å². The van der Waals surface area contributed by atoms with Crippen molar-refractivity contribution in [1.82, 2.24) is 0 Å². The Labute approximate surface area is 150 Å². The van der Waals surface area contributed by atoms with E-state index < -0.39 is 11.8 Å². The molecule has 0 bridgehead atoms. The van der Waals surface area contributed by atoms with Gasteiger partial charge in [0, 0.05) is 29.5 Å². The number of nitrogens with one attached hydrogen (secondary N) is 3. The van der Waals surface area contributed by atoms with E-state index in [0.29, 0.717) is 22.6 Å². The normalized spacial score (nSPS) is 9.92. The third-order valence-electron chi connectivity index (χ3n) is 3.36. The molecule has 2 aromatic rings. The first-order valence-electron chi connectivity index (χ1n) is 7.92. The SMILES string of the molecule is CC(=O)Nc1ccc(NC(=O)CC(=O)Nc2cccc(C(C)=O)c2)cc1. The van der Waals surface area contributed by atoms with Crippen LogP contribution in [0.5, 0.6) is 0 Å². The predicted octanol–water partition coefficient (Wildman–Crippen LogP) is 2.81. The molecule has 0 aromatic heterocycles. The molecular weight excluding hydrogens is 334 g/mol. The molecule has 2 aromatic carbocycles. The van der Waals surface area contributed by atoms with Gasteiger partial charge in [-0.15, -0.1) is 0 Å². The molecule has 134 valence electrons. The molecule has 7 heteroatoms. The highest BCUT2D eigenvalue weighted by Gasteiger charge is 2.11. The average Bonchev–Trinajstić information content (AvgIpc) is 2.56. The molecule has 0 unspecified atom stereocenters. The molecule has 2 rings (SSSR count). The Morgan fingerprint density at radius 1 is 0.731 bits per heavy atom. The Kier molecular flexibility index (Phi) is 6.21. The second-order valence-corrected chi connectivity index (χ2v) is 5.67. The van der Waals surface area contributed by atoms with Gasteiger partial charge in [-0.2, -0.15) is 0 Å². The second-order valence-electron chi connectivity index (χ2n) is 5.67. The highest BCUT2D eigenvalue weighted by molar-refractivity contribution is 6.08. The molecule has 0 saturated carbocycles. The first-order chi connectivity index (χ1) is 12.3. The summed E-state index contributed by atoms with van der Waals surface area (Å²) in [6.45, 7) is 2.84. The summed E-state index contributed by atoms with van der Waals surface area (Å²) >= 11 is 0. The molecule has 7 nitrogen and oxygen atoms in total. The number of carbonyl (C=O) groups is 4. The molecular formula is C19H19N3O4. The van der Waals surface area contributed by atoms with Crippen LogP contribution in [0.25, 0.3) is 0 Å². The maximum absolute atomic E-state index is 12.0. The summed E-state index contributed by atoms with van der Waals surface area (Å²) in [7, 11) is 0. The largest absolute Gasteiger partial charge is 0.326 e. The molecule has 0 aliphatic rings. The van der Waals surface area contributed by atoms with E-state index in [1.165, 1.54) is 13.8 Å². The van der Waals surface area contributed by atoms with Gasteiger partial charge in [-0.25, -0.2) is 0 Å². The van der Waals surface area contributed by atoms with Crippen LogP contribution in [0.3, 0.4) is 0 Å². The van der Waals surface area contributed by atoms with Crippen LogP contribution in [0.4, 0.5) is 17.1 Å². The van der Waals surface area contributed by atoms with Crippen LogP contribution in [-0.4, -0.2) is 23.5 Å². The number of amides is 3. The zero-order valence-corrected chi connectivity index (χ0v) is 14.5. The summed E-state index contributed by atoms with van der Waals surface area (Å²) in [5.41, 5.74) is 2.05. The van der Waals surface area contributed by atoms with E-state index in [1.807, 2.05) is 0 Å². The van der Waals surface area contributed by atoms with Gasteiger partial charge in [-0.1, -0.05) is 12.1 Å². The van der Waals surface area contributed by atoms with E-state index >= 15 is 0 Å². The molecule has 0 fully saturated rings. The first kappa shape index (κ1) is 18.9. The lowest BCUT2D eigenvalue weighted by Gasteiger charge is -2.08. The smallest absolute Gasteiger partial charge is 0.233 e. The van der Waals surface area contributed by atoms with Crippen molar-refractivity contribution < 1.29 is 19.2 Å². The zero-order valence-electron chi connectivity index (χ0n) is 14.5. The summed E-state index contributed by atoms with van der Waals surface area (Å²) in [5.74, 6) is -1.26. The lowest BCUT2D eigenvalue weighted by Crippen LogP contribution is -2.21. The van der Waals surface area contributed by atoms with E-state index in [-0.39, 0.29) is 18.1 Å². The van der Waals surface area contributed by atoms with Gasteiger partial charge in [0.05, 0.1) is 0 Å². The number of benzene rings is 2. The number of rotatable bonds is 6. The number of hydrogen-bond acceptors (Lipinski definition) is 4. The number of ketones is 1. The summed E-state index contributed by atoms with van der Waals surface area (Å²) < 4.78 is 0. The van der Waals surface area contributed by atoms with Gasteiger partial charge in [0.2, 0.25) is 17.7 Å². The van der Waals surface area contributed by atoms with Crippen LogP contribution in [-0.2, 0) is 14.4 Å². The van der Waals surface area contributed by atoms with E-state index in [0.717, 1.165) is 0 Å². The van der Waals surface area contributed by atoms with Crippen molar-refractivity contribution in [2.45, 2.75) is 20.3 Å². The number of hydrogen-bond donors (Lipinski definition) is 3.